The summed E-state index contributed by atoms with van der Waals surface area (Å²) in [4.78, 5) is 51.4. The second-order valence-corrected chi connectivity index (χ2v) is 6.51. The number of rotatable bonds is 5. The number of nitrogens with one attached hydrogen (secondary N) is 1. The molecule has 150 valence electrons. The van der Waals surface area contributed by atoms with Crippen molar-refractivity contribution in [3.05, 3.63) is 65.2 Å². The molecule has 8 heteroatoms. The van der Waals surface area contributed by atoms with Crippen molar-refractivity contribution in [3.63, 3.8) is 0 Å². The van der Waals surface area contributed by atoms with Gasteiger partial charge in [-0.25, -0.2) is 4.79 Å². The standard InChI is InChI=1S/C21H21N3O5/c1-29-21(28)17-7-2-3-8-18(17)22-19(26)15-5-4-6-16(13-15)20(27)24-11-9-23(14-25)10-12-24/h2-8,13-14H,9-12H2,1H3,(H,22,26). The van der Waals surface area contributed by atoms with E-state index in [1.165, 1.54) is 13.2 Å². The normalized spacial score (nSPS) is 13.6. The molecule has 29 heavy (non-hydrogen) atoms. The number of para-hydroxylation sites is 1. The third kappa shape index (κ3) is 4.60. The molecule has 0 bridgehead atoms. The van der Waals surface area contributed by atoms with E-state index in [2.05, 4.69) is 5.32 Å². The Morgan fingerprint density at radius 3 is 2.34 bits per heavy atom. The van der Waals surface area contributed by atoms with Crippen molar-refractivity contribution in [2.45, 2.75) is 0 Å². The lowest BCUT2D eigenvalue weighted by Gasteiger charge is -2.32. The van der Waals surface area contributed by atoms with Crippen molar-refractivity contribution in [1.29, 1.82) is 0 Å². The highest BCUT2D eigenvalue weighted by Gasteiger charge is 2.22. The van der Waals surface area contributed by atoms with Gasteiger partial charge >= 0.3 is 5.97 Å². The average Bonchev–Trinajstić information content (AvgIpc) is 2.78. The molecule has 0 atom stereocenters. The Morgan fingerprint density at radius 1 is 0.966 bits per heavy atom. The number of hydrogen-bond acceptors (Lipinski definition) is 5. The number of amides is 3. The van der Waals surface area contributed by atoms with Crippen LogP contribution in [0.2, 0.25) is 0 Å². The van der Waals surface area contributed by atoms with E-state index >= 15 is 0 Å². The number of anilines is 1. The zero-order valence-corrected chi connectivity index (χ0v) is 16.0. The number of hydrogen-bond donors (Lipinski definition) is 1. The van der Waals surface area contributed by atoms with E-state index in [0.29, 0.717) is 43.0 Å². The molecule has 2 aromatic rings. The first-order valence-electron chi connectivity index (χ1n) is 9.11. The number of carbonyl (C=O) groups excluding carboxylic acids is 4. The minimum atomic E-state index is -0.556. The fourth-order valence-electron chi connectivity index (χ4n) is 3.08. The SMILES string of the molecule is COC(=O)c1ccccc1NC(=O)c1cccc(C(=O)N2CCN(C=O)CC2)c1. The second-order valence-electron chi connectivity index (χ2n) is 6.51. The van der Waals surface area contributed by atoms with Crippen LogP contribution in [0.1, 0.15) is 31.1 Å². The molecule has 8 nitrogen and oxygen atoms in total. The molecule has 1 aliphatic rings. The Labute approximate surface area is 168 Å². The van der Waals surface area contributed by atoms with Crippen molar-refractivity contribution in [1.82, 2.24) is 9.80 Å². The van der Waals surface area contributed by atoms with E-state index in [1.54, 1.807) is 52.3 Å². The summed E-state index contributed by atoms with van der Waals surface area (Å²) in [6, 6.07) is 12.9. The number of methoxy groups -OCH3 is 1. The van der Waals surface area contributed by atoms with Crippen molar-refractivity contribution >= 4 is 29.9 Å². The third-order valence-electron chi connectivity index (χ3n) is 4.70. The zero-order chi connectivity index (χ0) is 20.8. The summed E-state index contributed by atoms with van der Waals surface area (Å²) in [5.74, 6) is -1.19. The minimum absolute atomic E-state index is 0.194. The van der Waals surface area contributed by atoms with E-state index in [-0.39, 0.29) is 11.5 Å². The first-order valence-corrected chi connectivity index (χ1v) is 9.11. The largest absolute Gasteiger partial charge is 0.465 e. The number of ether oxygens (including phenoxy) is 1. The zero-order valence-electron chi connectivity index (χ0n) is 16.0. The summed E-state index contributed by atoms with van der Waals surface area (Å²) in [5, 5.41) is 2.69. The van der Waals surface area contributed by atoms with Gasteiger partial charge in [0.05, 0.1) is 18.4 Å². The first-order chi connectivity index (χ1) is 14.0. The van der Waals surface area contributed by atoms with Crippen LogP contribution in [0.3, 0.4) is 0 Å². The van der Waals surface area contributed by atoms with Gasteiger partial charge in [-0.3, -0.25) is 14.4 Å². The number of piperazine rings is 1. The van der Waals surface area contributed by atoms with Gasteiger partial charge in [0.15, 0.2) is 0 Å². The van der Waals surface area contributed by atoms with Crippen LogP contribution in [0.25, 0.3) is 0 Å². The van der Waals surface area contributed by atoms with Gasteiger partial charge in [0.2, 0.25) is 6.41 Å². The summed E-state index contributed by atoms with van der Waals surface area (Å²) in [5.41, 5.74) is 1.25. The molecule has 0 aromatic heterocycles. The summed E-state index contributed by atoms with van der Waals surface area (Å²) >= 11 is 0. The highest BCUT2D eigenvalue weighted by molar-refractivity contribution is 6.09. The molecule has 2 aromatic carbocycles. The molecule has 3 amide bonds. The maximum atomic E-state index is 12.7. The van der Waals surface area contributed by atoms with E-state index in [4.69, 9.17) is 4.74 Å². The predicted molar refractivity (Wildman–Crippen MR) is 106 cm³/mol. The number of esters is 1. The Morgan fingerprint density at radius 2 is 1.66 bits per heavy atom. The minimum Gasteiger partial charge on any atom is -0.465 e. The highest BCUT2D eigenvalue weighted by atomic mass is 16.5. The maximum Gasteiger partial charge on any atom is 0.339 e. The van der Waals surface area contributed by atoms with Crippen LogP contribution in [-0.2, 0) is 9.53 Å². The van der Waals surface area contributed by atoms with E-state index < -0.39 is 11.9 Å². The topological polar surface area (TPSA) is 96.0 Å². The molecule has 0 radical (unpaired) electrons. The number of carbonyl (C=O) groups is 4. The van der Waals surface area contributed by atoms with Crippen molar-refractivity contribution < 1.29 is 23.9 Å². The quantitative estimate of drug-likeness (QED) is 0.613. The molecule has 3 rings (SSSR count). The average molecular weight is 395 g/mol. The van der Waals surface area contributed by atoms with E-state index in [1.807, 2.05) is 0 Å². The number of nitrogens with zero attached hydrogens (tertiary/aromatic N) is 2. The maximum absolute atomic E-state index is 12.7. The van der Waals surface area contributed by atoms with Crippen molar-refractivity contribution in [2.24, 2.45) is 0 Å². The molecule has 1 aliphatic heterocycles. The van der Waals surface area contributed by atoms with Crippen LogP contribution >= 0.6 is 0 Å². The first kappa shape index (κ1) is 20.1. The van der Waals surface area contributed by atoms with Crippen molar-refractivity contribution in [2.75, 3.05) is 38.6 Å². The Bertz CT molecular complexity index is 935. The Kier molecular flexibility index (Phi) is 6.23. The van der Waals surface area contributed by atoms with Crippen LogP contribution in [0.15, 0.2) is 48.5 Å². The smallest absolute Gasteiger partial charge is 0.339 e. The predicted octanol–water partition coefficient (Wildman–Crippen LogP) is 1.64. The van der Waals surface area contributed by atoms with E-state index in [9.17, 15) is 19.2 Å². The number of benzene rings is 2. The van der Waals surface area contributed by atoms with Gasteiger partial charge in [0.1, 0.15) is 0 Å². The molecule has 1 saturated heterocycles. The lowest BCUT2D eigenvalue weighted by atomic mass is 10.1. The molecule has 1 fully saturated rings. The summed E-state index contributed by atoms with van der Waals surface area (Å²) in [6.45, 7) is 1.86. The van der Waals surface area contributed by atoms with Gasteiger partial charge in [0.25, 0.3) is 11.8 Å². The molecule has 1 heterocycles. The third-order valence-corrected chi connectivity index (χ3v) is 4.70. The van der Waals surface area contributed by atoms with Gasteiger partial charge in [-0.15, -0.1) is 0 Å². The molecule has 0 unspecified atom stereocenters. The van der Waals surface area contributed by atoms with Gasteiger partial charge in [-0.05, 0) is 30.3 Å². The van der Waals surface area contributed by atoms with Gasteiger partial charge < -0.3 is 19.9 Å². The van der Waals surface area contributed by atoms with Gasteiger partial charge in [0, 0.05) is 37.3 Å². The molecule has 0 spiro atoms. The van der Waals surface area contributed by atoms with Crippen LogP contribution in [0.5, 0.6) is 0 Å². The fourth-order valence-corrected chi connectivity index (χ4v) is 3.08. The summed E-state index contributed by atoms with van der Waals surface area (Å²) in [6.07, 6.45) is 0.777. The lowest BCUT2D eigenvalue weighted by Crippen LogP contribution is -2.48. The highest BCUT2D eigenvalue weighted by Crippen LogP contribution is 2.18. The molecular formula is C21H21N3O5. The monoisotopic (exact) mass is 395 g/mol. The van der Waals surface area contributed by atoms with Crippen LogP contribution in [0, 0.1) is 0 Å². The van der Waals surface area contributed by atoms with E-state index in [0.717, 1.165) is 6.41 Å². The lowest BCUT2D eigenvalue weighted by molar-refractivity contribution is -0.119. The van der Waals surface area contributed by atoms with Crippen LogP contribution < -0.4 is 5.32 Å². The molecule has 0 saturated carbocycles. The fraction of sp³-hybridized carbons (Fsp3) is 0.238. The molecule has 1 N–H and O–H groups in total. The molecule has 0 aliphatic carbocycles. The van der Waals surface area contributed by atoms with Gasteiger partial charge in [-0.1, -0.05) is 18.2 Å². The Hall–Kier alpha value is -3.68. The van der Waals surface area contributed by atoms with Crippen LogP contribution in [-0.4, -0.2) is 67.3 Å². The summed E-state index contributed by atoms with van der Waals surface area (Å²) < 4.78 is 4.73. The van der Waals surface area contributed by atoms with Crippen LogP contribution in [0.4, 0.5) is 5.69 Å². The molecular weight excluding hydrogens is 374 g/mol. The Balaban J connectivity index is 1.74. The second kappa shape index (κ2) is 9.01. The summed E-state index contributed by atoms with van der Waals surface area (Å²) in [7, 11) is 1.27. The van der Waals surface area contributed by atoms with Crippen molar-refractivity contribution in [3.8, 4) is 0 Å². The van der Waals surface area contributed by atoms with Gasteiger partial charge in [-0.2, -0.15) is 0 Å².